The number of hydrogen-bond acceptors (Lipinski definition) is 3. The molecule has 1 heterocycles. The van der Waals surface area contributed by atoms with Crippen LogP contribution in [0.25, 0.3) is 21.8 Å². The number of aryl methyl sites for hydroxylation is 3. The van der Waals surface area contributed by atoms with Gasteiger partial charge >= 0.3 is 0 Å². The Labute approximate surface area is 146 Å². The monoisotopic (exact) mass is 336 g/mol. The number of nitrogens with zero attached hydrogens (tertiary/aromatic N) is 1. The Bertz CT molecular complexity index is 895. The molecule has 1 amide bonds. The van der Waals surface area contributed by atoms with Crippen LogP contribution in [-0.4, -0.2) is 10.9 Å². The molecule has 1 aromatic heterocycles. The van der Waals surface area contributed by atoms with Crippen molar-refractivity contribution in [2.75, 3.05) is 5.32 Å². The summed E-state index contributed by atoms with van der Waals surface area (Å²) in [4.78, 5) is 17.2. The maximum atomic E-state index is 11.1. The number of anilines is 1. The van der Waals surface area contributed by atoms with Crippen molar-refractivity contribution in [1.82, 2.24) is 4.98 Å². The van der Waals surface area contributed by atoms with E-state index in [1.165, 1.54) is 28.5 Å². The van der Waals surface area contributed by atoms with Crippen LogP contribution in [0.5, 0.6) is 0 Å². The molecule has 4 heteroatoms. The van der Waals surface area contributed by atoms with Gasteiger partial charge in [0.1, 0.15) is 5.01 Å². The molecule has 0 aliphatic carbocycles. The predicted octanol–water partition coefficient (Wildman–Crippen LogP) is 5.36. The summed E-state index contributed by atoms with van der Waals surface area (Å²) in [6.07, 6.45) is 0. The van der Waals surface area contributed by atoms with Crippen LogP contribution in [0.15, 0.2) is 42.5 Å². The van der Waals surface area contributed by atoms with E-state index in [2.05, 4.69) is 44.3 Å². The van der Waals surface area contributed by atoms with Crippen LogP contribution in [0.3, 0.4) is 0 Å². The van der Waals surface area contributed by atoms with Crippen LogP contribution in [0.4, 0.5) is 5.69 Å². The van der Waals surface area contributed by atoms with Crippen molar-refractivity contribution in [1.29, 1.82) is 0 Å². The van der Waals surface area contributed by atoms with Crippen LogP contribution in [0.2, 0.25) is 0 Å². The predicted molar refractivity (Wildman–Crippen MR) is 102 cm³/mol. The number of carbonyl (C=O) groups excluding carboxylic acids is 1. The third-order valence-corrected chi connectivity index (χ3v) is 4.89. The molecule has 0 unspecified atom stereocenters. The van der Waals surface area contributed by atoms with Gasteiger partial charge in [0, 0.05) is 28.6 Å². The van der Waals surface area contributed by atoms with Gasteiger partial charge in [-0.1, -0.05) is 35.9 Å². The first-order valence-electron chi connectivity index (χ1n) is 7.87. The number of amides is 1. The van der Waals surface area contributed by atoms with E-state index in [1.807, 2.05) is 24.3 Å². The van der Waals surface area contributed by atoms with E-state index in [0.717, 1.165) is 22.0 Å². The zero-order chi connectivity index (χ0) is 17.3. The van der Waals surface area contributed by atoms with E-state index in [-0.39, 0.29) is 5.91 Å². The van der Waals surface area contributed by atoms with Crippen LogP contribution in [0, 0.1) is 20.8 Å². The lowest BCUT2D eigenvalue weighted by molar-refractivity contribution is -0.114. The smallest absolute Gasteiger partial charge is 0.221 e. The van der Waals surface area contributed by atoms with Gasteiger partial charge < -0.3 is 5.32 Å². The van der Waals surface area contributed by atoms with Gasteiger partial charge in [-0.2, -0.15) is 0 Å². The van der Waals surface area contributed by atoms with E-state index in [4.69, 9.17) is 4.98 Å². The van der Waals surface area contributed by atoms with Gasteiger partial charge in [0.25, 0.3) is 0 Å². The summed E-state index contributed by atoms with van der Waals surface area (Å²) >= 11 is 1.72. The minimum atomic E-state index is -0.0651. The number of aromatic nitrogens is 1. The number of nitrogens with one attached hydrogen (secondary N) is 1. The number of benzene rings is 2. The Hall–Kier alpha value is -2.46. The normalized spacial score (nSPS) is 10.7. The van der Waals surface area contributed by atoms with Crippen molar-refractivity contribution in [3.8, 4) is 21.8 Å². The van der Waals surface area contributed by atoms with Gasteiger partial charge in [-0.05, 0) is 38.5 Å². The van der Waals surface area contributed by atoms with Gasteiger partial charge in [-0.25, -0.2) is 4.98 Å². The topological polar surface area (TPSA) is 42.0 Å². The lowest BCUT2D eigenvalue weighted by atomic mass is 10.1. The summed E-state index contributed by atoms with van der Waals surface area (Å²) in [6, 6.07) is 14.3. The minimum Gasteiger partial charge on any atom is -0.326 e. The molecule has 0 saturated carbocycles. The molecule has 0 bridgehead atoms. The Kier molecular flexibility index (Phi) is 4.49. The molecule has 2 aromatic carbocycles. The van der Waals surface area contributed by atoms with Gasteiger partial charge in [0.2, 0.25) is 5.91 Å². The molecule has 24 heavy (non-hydrogen) atoms. The summed E-state index contributed by atoms with van der Waals surface area (Å²) in [7, 11) is 0. The Morgan fingerprint density at radius 3 is 2.38 bits per heavy atom. The molecule has 3 rings (SSSR count). The van der Waals surface area contributed by atoms with Crippen molar-refractivity contribution < 1.29 is 4.79 Å². The molecule has 3 aromatic rings. The fourth-order valence-electron chi connectivity index (χ4n) is 2.75. The third-order valence-electron chi connectivity index (χ3n) is 3.89. The summed E-state index contributed by atoms with van der Waals surface area (Å²) < 4.78 is 0. The van der Waals surface area contributed by atoms with E-state index in [9.17, 15) is 4.79 Å². The van der Waals surface area contributed by atoms with Crippen molar-refractivity contribution in [3.05, 3.63) is 58.5 Å². The molecule has 0 saturated heterocycles. The first-order chi connectivity index (χ1) is 11.4. The molecular weight excluding hydrogens is 316 g/mol. The first kappa shape index (κ1) is 16.4. The standard InChI is InChI=1S/C20H20N2OS/c1-12-5-10-18(13(2)11-12)20-22-19(14(3)24-20)16-6-8-17(9-7-16)21-15(4)23/h5-11H,1-4H3,(H,21,23). The third kappa shape index (κ3) is 3.39. The molecule has 0 aliphatic rings. The minimum absolute atomic E-state index is 0.0651. The van der Waals surface area contributed by atoms with Crippen molar-refractivity contribution >= 4 is 22.9 Å². The molecule has 0 fully saturated rings. The van der Waals surface area contributed by atoms with Crippen LogP contribution >= 0.6 is 11.3 Å². The maximum absolute atomic E-state index is 11.1. The van der Waals surface area contributed by atoms with Gasteiger partial charge in [0.15, 0.2) is 0 Å². The largest absolute Gasteiger partial charge is 0.326 e. The second-order valence-corrected chi connectivity index (χ2v) is 7.20. The second-order valence-electron chi connectivity index (χ2n) is 6.00. The molecule has 0 atom stereocenters. The molecule has 0 radical (unpaired) electrons. The van der Waals surface area contributed by atoms with Crippen molar-refractivity contribution in [3.63, 3.8) is 0 Å². The highest BCUT2D eigenvalue weighted by atomic mass is 32.1. The highest BCUT2D eigenvalue weighted by Gasteiger charge is 2.13. The Morgan fingerprint density at radius 1 is 1.04 bits per heavy atom. The Balaban J connectivity index is 1.95. The number of carbonyl (C=O) groups is 1. The quantitative estimate of drug-likeness (QED) is 0.699. The first-order valence-corrected chi connectivity index (χ1v) is 8.69. The van der Waals surface area contributed by atoms with Gasteiger partial charge in [-0.3, -0.25) is 4.79 Å². The number of hydrogen-bond donors (Lipinski definition) is 1. The summed E-state index contributed by atoms with van der Waals surface area (Å²) in [5.74, 6) is -0.0651. The summed E-state index contributed by atoms with van der Waals surface area (Å²) in [5.41, 5.74) is 6.57. The van der Waals surface area contributed by atoms with E-state index < -0.39 is 0 Å². The molecule has 3 nitrogen and oxygen atoms in total. The second kappa shape index (κ2) is 6.57. The van der Waals surface area contributed by atoms with E-state index in [1.54, 1.807) is 11.3 Å². The summed E-state index contributed by atoms with van der Waals surface area (Å²) in [6.45, 7) is 7.84. The molecule has 122 valence electrons. The SMILES string of the molecule is CC(=O)Nc1ccc(-c2nc(-c3ccc(C)cc3C)sc2C)cc1. The van der Waals surface area contributed by atoms with Crippen LogP contribution in [0.1, 0.15) is 22.9 Å². The van der Waals surface area contributed by atoms with E-state index >= 15 is 0 Å². The highest BCUT2D eigenvalue weighted by molar-refractivity contribution is 7.15. The van der Waals surface area contributed by atoms with Crippen LogP contribution in [-0.2, 0) is 4.79 Å². The van der Waals surface area contributed by atoms with Gasteiger partial charge in [0.05, 0.1) is 5.69 Å². The summed E-state index contributed by atoms with van der Waals surface area (Å²) in [5, 5.41) is 3.83. The maximum Gasteiger partial charge on any atom is 0.221 e. The average molecular weight is 336 g/mol. The van der Waals surface area contributed by atoms with Gasteiger partial charge in [-0.15, -0.1) is 11.3 Å². The fourth-order valence-corrected chi connectivity index (χ4v) is 3.77. The fraction of sp³-hybridized carbons (Fsp3) is 0.200. The van der Waals surface area contributed by atoms with E-state index in [0.29, 0.717) is 0 Å². The zero-order valence-electron chi connectivity index (χ0n) is 14.3. The zero-order valence-corrected chi connectivity index (χ0v) is 15.1. The average Bonchev–Trinajstić information content (AvgIpc) is 2.89. The lowest BCUT2D eigenvalue weighted by Gasteiger charge is -2.04. The van der Waals surface area contributed by atoms with Crippen molar-refractivity contribution in [2.45, 2.75) is 27.7 Å². The number of rotatable bonds is 3. The van der Waals surface area contributed by atoms with Crippen molar-refractivity contribution in [2.24, 2.45) is 0 Å². The highest BCUT2D eigenvalue weighted by Crippen LogP contribution is 2.35. The number of thiazole rings is 1. The molecule has 0 spiro atoms. The lowest BCUT2D eigenvalue weighted by Crippen LogP contribution is -2.05. The Morgan fingerprint density at radius 2 is 1.75 bits per heavy atom. The molecular formula is C20H20N2OS. The molecule has 1 N–H and O–H groups in total. The van der Waals surface area contributed by atoms with Crippen LogP contribution < -0.4 is 5.32 Å². The molecule has 0 aliphatic heterocycles.